The summed E-state index contributed by atoms with van der Waals surface area (Å²) in [6.07, 6.45) is 3.98. The molecule has 2 aliphatic rings. The van der Waals surface area contributed by atoms with Crippen molar-refractivity contribution in [3.05, 3.63) is 35.6 Å². The number of hydrogen-bond acceptors (Lipinski definition) is 3. The average molecular weight is 363 g/mol. The van der Waals surface area contributed by atoms with E-state index in [0.717, 1.165) is 70.1 Å². The van der Waals surface area contributed by atoms with Gasteiger partial charge in [-0.15, -0.1) is 0 Å². The number of guanidine groups is 1. The maximum Gasteiger partial charge on any atom is 0.191 e. The normalized spacial score (nSPS) is 25.9. The zero-order valence-electron chi connectivity index (χ0n) is 15.8. The molecule has 0 radical (unpaired) electrons. The predicted molar refractivity (Wildman–Crippen MR) is 101 cm³/mol. The maximum absolute atomic E-state index is 13.4. The first-order chi connectivity index (χ1) is 12.6. The van der Waals surface area contributed by atoms with Gasteiger partial charge in [0.05, 0.1) is 5.60 Å². The average Bonchev–Trinajstić information content (AvgIpc) is 3.10. The van der Waals surface area contributed by atoms with Gasteiger partial charge in [0.15, 0.2) is 5.96 Å². The standard InChI is InChI=1S/C20H30FN3O2/c1-19(8-3-11-26-19)14-23-18(22-2)24-15-20(9-12-25-13-10-20)16-4-6-17(21)7-5-16/h4-7H,3,8-15H2,1-2H3,(H2,22,23,24). The van der Waals surface area contributed by atoms with E-state index >= 15 is 0 Å². The SMILES string of the molecule is CN=C(NCC1(C)CCCO1)NCC1(c2ccc(F)cc2)CCOCC1. The van der Waals surface area contributed by atoms with Crippen molar-refractivity contribution in [3.63, 3.8) is 0 Å². The van der Waals surface area contributed by atoms with Crippen LogP contribution in [0, 0.1) is 5.82 Å². The van der Waals surface area contributed by atoms with E-state index in [1.807, 2.05) is 12.1 Å². The van der Waals surface area contributed by atoms with Crippen molar-refractivity contribution >= 4 is 5.96 Å². The summed E-state index contributed by atoms with van der Waals surface area (Å²) in [6, 6.07) is 6.87. The second-order valence-electron chi connectivity index (χ2n) is 7.58. The fourth-order valence-electron chi connectivity index (χ4n) is 3.85. The molecule has 2 saturated heterocycles. The van der Waals surface area contributed by atoms with Crippen molar-refractivity contribution in [1.29, 1.82) is 0 Å². The molecule has 0 bridgehead atoms. The van der Waals surface area contributed by atoms with Gasteiger partial charge >= 0.3 is 0 Å². The van der Waals surface area contributed by atoms with Gasteiger partial charge in [-0.1, -0.05) is 12.1 Å². The van der Waals surface area contributed by atoms with Crippen LogP contribution in [-0.2, 0) is 14.9 Å². The summed E-state index contributed by atoms with van der Waals surface area (Å²) in [5.74, 6) is 0.570. The van der Waals surface area contributed by atoms with Crippen molar-refractivity contribution in [3.8, 4) is 0 Å². The van der Waals surface area contributed by atoms with Crippen molar-refractivity contribution in [1.82, 2.24) is 10.6 Å². The number of aliphatic imine (C=N–C) groups is 1. The number of nitrogens with zero attached hydrogens (tertiary/aromatic N) is 1. The van der Waals surface area contributed by atoms with Crippen LogP contribution in [-0.4, -0.2) is 51.5 Å². The van der Waals surface area contributed by atoms with E-state index in [9.17, 15) is 4.39 Å². The Morgan fingerprint density at radius 1 is 1.08 bits per heavy atom. The Labute approximate surface area is 155 Å². The quantitative estimate of drug-likeness (QED) is 0.624. The number of nitrogens with one attached hydrogen (secondary N) is 2. The van der Waals surface area contributed by atoms with Gasteiger partial charge in [0, 0.05) is 45.4 Å². The lowest BCUT2D eigenvalue weighted by molar-refractivity contribution is 0.0242. The molecule has 2 heterocycles. The van der Waals surface area contributed by atoms with Gasteiger partial charge in [0.2, 0.25) is 0 Å². The van der Waals surface area contributed by atoms with Gasteiger partial charge in [0.1, 0.15) is 5.82 Å². The summed E-state index contributed by atoms with van der Waals surface area (Å²) < 4.78 is 24.8. The van der Waals surface area contributed by atoms with E-state index in [-0.39, 0.29) is 16.8 Å². The highest BCUT2D eigenvalue weighted by Gasteiger charge is 2.35. The summed E-state index contributed by atoms with van der Waals surface area (Å²) in [7, 11) is 1.78. The van der Waals surface area contributed by atoms with E-state index < -0.39 is 0 Å². The zero-order chi connectivity index (χ0) is 18.5. The zero-order valence-corrected chi connectivity index (χ0v) is 15.8. The molecular formula is C20H30FN3O2. The summed E-state index contributed by atoms with van der Waals surface area (Å²) in [5.41, 5.74) is 0.957. The van der Waals surface area contributed by atoms with Crippen LogP contribution in [0.2, 0.25) is 0 Å². The fraction of sp³-hybridized carbons (Fsp3) is 0.650. The molecule has 2 fully saturated rings. The molecule has 0 aliphatic carbocycles. The largest absolute Gasteiger partial charge is 0.381 e. The first kappa shape index (κ1) is 19.1. The van der Waals surface area contributed by atoms with Crippen molar-refractivity contribution in [2.24, 2.45) is 4.99 Å². The summed E-state index contributed by atoms with van der Waals surface area (Å²) in [6.45, 7) is 5.88. The summed E-state index contributed by atoms with van der Waals surface area (Å²) in [4.78, 5) is 4.35. The smallest absolute Gasteiger partial charge is 0.191 e. The van der Waals surface area contributed by atoms with Crippen molar-refractivity contribution in [2.75, 3.05) is 40.0 Å². The van der Waals surface area contributed by atoms with Crippen LogP contribution in [0.25, 0.3) is 0 Å². The monoisotopic (exact) mass is 363 g/mol. The molecule has 0 amide bonds. The van der Waals surface area contributed by atoms with Crippen LogP contribution in [0.3, 0.4) is 0 Å². The van der Waals surface area contributed by atoms with Crippen LogP contribution in [0.15, 0.2) is 29.3 Å². The van der Waals surface area contributed by atoms with Crippen LogP contribution in [0.1, 0.15) is 38.2 Å². The third kappa shape index (κ3) is 4.54. The van der Waals surface area contributed by atoms with Gasteiger partial charge in [-0.2, -0.15) is 0 Å². The molecule has 3 rings (SSSR count). The molecular weight excluding hydrogens is 333 g/mol. The Balaban J connectivity index is 1.64. The van der Waals surface area contributed by atoms with E-state index in [0.29, 0.717) is 0 Å². The highest BCUT2D eigenvalue weighted by molar-refractivity contribution is 5.79. The van der Waals surface area contributed by atoms with Crippen LogP contribution in [0.5, 0.6) is 0 Å². The molecule has 0 spiro atoms. The lowest BCUT2D eigenvalue weighted by Crippen LogP contribution is -2.50. The molecule has 0 saturated carbocycles. The first-order valence-corrected chi connectivity index (χ1v) is 9.48. The summed E-state index contributed by atoms with van der Waals surface area (Å²) in [5, 5.41) is 6.86. The highest BCUT2D eigenvalue weighted by atomic mass is 19.1. The third-order valence-electron chi connectivity index (χ3n) is 5.65. The van der Waals surface area contributed by atoms with E-state index in [2.05, 4.69) is 22.5 Å². The third-order valence-corrected chi connectivity index (χ3v) is 5.65. The minimum absolute atomic E-state index is 0.0721. The number of halogens is 1. The Kier molecular flexibility index (Phi) is 6.14. The Bertz CT molecular complexity index is 606. The van der Waals surface area contributed by atoms with Gasteiger partial charge in [-0.3, -0.25) is 4.99 Å². The van der Waals surface area contributed by atoms with Crippen molar-refractivity contribution < 1.29 is 13.9 Å². The molecule has 144 valence electrons. The van der Waals surface area contributed by atoms with Crippen molar-refractivity contribution in [2.45, 2.75) is 43.6 Å². The lowest BCUT2D eigenvalue weighted by Gasteiger charge is -2.38. The molecule has 0 aromatic heterocycles. The van der Waals surface area contributed by atoms with E-state index in [4.69, 9.17) is 9.47 Å². The minimum atomic E-state index is -0.203. The lowest BCUT2D eigenvalue weighted by atomic mass is 9.74. The number of rotatable bonds is 5. The summed E-state index contributed by atoms with van der Waals surface area (Å²) >= 11 is 0. The van der Waals surface area contributed by atoms with Crippen LogP contribution >= 0.6 is 0 Å². The topological polar surface area (TPSA) is 54.9 Å². The minimum Gasteiger partial charge on any atom is -0.381 e. The molecule has 1 unspecified atom stereocenters. The Hall–Kier alpha value is -1.66. The van der Waals surface area contributed by atoms with Crippen LogP contribution in [0.4, 0.5) is 4.39 Å². The van der Waals surface area contributed by atoms with Gasteiger partial charge in [0.25, 0.3) is 0 Å². The maximum atomic E-state index is 13.4. The number of hydrogen-bond donors (Lipinski definition) is 2. The molecule has 2 aliphatic heterocycles. The molecule has 1 aromatic carbocycles. The van der Waals surface area contributed by atoms with Gasteiger partial charge in [-0.05, 0) is 50.3 Å². The second-order valence-corrected chi connectivity index (χ2v) is 7.58. The van der Waals surface area contributed by atoms with E-state index in [1.54, 1.807) is 7.05 Å². The number of ether oxygens (including phenoxy) is 2. The molecule has 5 nitrogen and oxygen atoms in total. The Morgan fingerprint density at radius 2 is 1.77 bits per heavy atom. The predicted octanol–water partition coefficient (Wildman–Crippen LogP) is 2.61. The fourth-order valence-corrected chi connectivity index (χ4v) is 3.85. The molecule has 1 aromatic rings. The molecule has 1 atom stereocenters. The van der Waals surface area contributed by atoms with Crippen LogP contribution < -0.4 is 10.6 Å². The van der Waals surface area contributed by atoms with E-state index in [1.165, 1.54) is 12.1 Å². The first-order valence-electron chi connectivity index (χ1n) is 9.48. The molecule has 2 N–H and O–H groups in total. The second kappa shape index (κ2) is 8.35. The van der Waals surface area contributed by atoms with Gasteiger partial charge < -0.3 is 20.1 Å². The molecule has 6 heteroatoms. The number of benzene rings is 1. The molecule has 26 heavy (non-hydrogen) atoms. The van der Waals surface area contributed by atoms with Gasteiger partial charge in [-0.25, -0.2) is 4.39 Å². The Morgan fingerprint density at radius 3 is 2.38 bits per heavy atom. The highest BCUT2D eigenvalue weighted by Crippen LogP contribution is 2.34.